The number of hydrazine groups is 2. The molecule has 3 radical (unpaired) electrons. The van der Waals surface area contributed by atoms with Crippen LogP contribution in [0.25, 0.3) is 54.3 Å². The fourth-order valence-electron chi connectivity index (χ4n) is 11.6. The van der Waals surface area contributed by atoms with Crippen LogP contribution in [0.1, 0.15) is 152 Å². The largest absolute Gasteiger partial charge is 1.00 e. The van der Waals surface area contributed by atoms with E-state index < -0.39 is 86.9 Å². The summed E-state index contributed by atoms with van der Waals surface area (Å²) in [6.07, 6.45) is 1.43. The molecule has 0 atom stereocenters. The van der Waals surface area contributed by atoms with E-state index in [9.17, 15) is 86.8 Å². The first-order chi connectivity index (χ1) is 64.6. The zero-order chi connectivity index (χ0) is 100. The van der Waals surface area contributed by atoms with Gasteiger partial charge in [-0.2, -0.15) is 15.5 Å². The van der Waals surface area contributed by atoms with Crippen molar-refractivity contribution in [3.63, 3.8) is 0 Å². The van der Waals surface area contributed by atoms with Gasteiger partial charge < -0.3 is 85.2 Å². The molecule has 2 aliphatic heterocycles. The van der Waals surface area contributed by atoms with Gasteiger partial charge in [0.25, 0.3) is 33.5 Å². The topological polar surface area (TPSA) is 761 Å². The van der Waals surface area contributed by atoms with E-state index in [0.29, 0.717) is 57.5 Å². The first kappa shape index (κ1) is 117. The number of nitriles is 1. The van der Waals surface area contributed by atoms with E-state index in [1.807, 2.05) is 31.4 Å². The first-order valence-electron chi connectivity index (χ1n) is 39.0. The number of nitro benzene ring substituents is 1. The normalized spacial score (nSPS) is 10.2. The van der Waals surface area contributed by atoms with Crippen molar-refractivity contribution in [3.05, 3.63) is 246 Å². The number of nitro groups is 1. The first-order valence-corrected chi connectivity index (χ1v) is 39.0. The van der Waals surface area contributed by atoms with E-state index in [1.54, 1.807) is 87.5 Å². The number of amidine groups is 2. The molecule has 0 unspecified atom stereocenters. The Balaban J connectivity index is 0.000000788. The van der Waals surface area contributed by atoms with Crippen LogP contribution >= 0.6 is 0 Å². The SMILES string of the molecule is C.CCC1=Nc2n[nH]c(=O)c3cccc(c23)N1.CCOC(=O)C#N.CCOC(=O)c1nc2cccc(C(=O)OC)c2c(=O)[nH]1.CCOC(C)=O.CCc1nc2cccc(C(=O)OC)c2c(=O)[nH]1.COC(=O)c1cccc(N)c1C(=O)OC.COC(=O)c1cccc([N+](=O)[O-])c1C(=O)OC.COC(=O)c1cccc2nc(CO)[nH]c(=O)c12.NN.NNC(=O)C1=Nc2n[nH]c(=O)c3cccc(c23)N1.[B].[H-].[Na+]. The number of carbonyl (C=O) groups is 11. The Morgan fingerprint density at radius 3 is 1.26 bits per heavy atom. The molecule has 0 spiro atoms. The number of carbonyl (C=O) groups excluding carboxylic acids is 11. The van der Waals surface area contributed by atoms with E-state index in [4.69, 9.17) is 26.7 Å². The summed E-state index contributed by atoms with van der Waals surface area (Å²) >= 11 is 0. The Morgan fingerprint density at radius 1 is 0.478 bits per heavy atom. The van der Waals surface area contributed by atoms with Crippen LogP contribution in [0.2, 0.25) is 0 Å². The van der Waals surface area contributed by atoms with Crippen molar-refractivity contribution in [1.29, 1.82) is 5.26 Å². The minimum Gasteiger partial charge on any atom is -1.00 e. The Bertz CT molecular complexity index is 6790. The third kappa shape index (κ3) is 30.8. The van der Waals surface area contributed by atoms with Crippen LogP contribution < -0.4 is 96.7 Å². The Kier molecular flexibility index (Phi) is 49.2. The van der Waals surface area contributed by atoms with Crippen LogP contribution in [0.15, 0.2) is 161 Å². The molecule has 721 valence electrons. The summed E-state index contributed by atoms with van der Waals surface area (Å²) in [5, 5.41) is 49.0. The summed E-state index contributed by atoms with van der Waals surface area (Å²) in [7, 11) is 8.37. The van der Waals surface area contributed by atoms with Gasteiger partial charge in [0, 0.05) is 39.9 Å². The molecule has 0 saturated carbocycles. The van der Waals surface area contributed by atoms with Gasteiger partial charge in [-0.15, -0.1) is 0 Å². The van der Waals surface area contributed by atoms with Gasteiger partial charge in [-0.1, -0.05) is 63.7 Å². The molecular formula is C86H94BN21NaO29. The van der Waals surface area contributed by atoms with Crippen molar-refractivity contribution < 1.29 is 141 Å². The molecule has 138 heavy (non-hydrogen) atoms. The molecule has 0 saturated heterocycles. The van der Waals surface area contributed by atoms with Crippen LogP contribution in [0.5, 0.6) is 0 Å². The summed E-state index contributed by atoms with van der Waals surface area (Å²) < 4.78 is 45.1. The third-order valence-corrected chi connectivity index (χ3v) is 17.4. The summed E-state index contributed by atoms with van der Waals surface area (Å²) in [6.45, 7) is 10.9. The number of esters is 10. The van der Waals surface area contributed by atoms with Crippen LogP contribution in [0.3, 0.4) is 0 Å². The molecule has 12 aromatic rings. The quantitative estimate of drug-likeness (QED) is 0.00760. The second-order valence-corrected chi connectivity index (χ2v) is 25.5. The molecule has 1 amide bonds. The van der Waals surface area contributed by atoms with Crippen molar-refractivity contribution in [2.45, 2.75) is 68.4 Å². The van der Waals surface area contributed by atoms with Crippen LogP contribution in [-0.4, -0.2) is 216 Å². The third-order valence-electron chi connectivity index (χ3n) is 17.4. The number of nitrogens with one attached hydrogen (secondary N) is 8. The van der Waals surface area contributed by atoms with Crippen molar-refractivity contribution >= 4 is 174 Å². The predicted molar refractivity (Wildman–Crippen MR) is 497 cm³/mol. The van der Waals surface area contributed by atoms with Gasteiger partial charge in [0.1, 0.15) is 24.1 Å². The van der Waals surface area contributed by atoms with Gasteiger partial charge in [-0.05, 0) is 99.6 Å². The number of nitrogens with zero attached hydrogens (tertiary/aromatic N) is 9. The van der Waals surface area contributed by atoms with E-state index in [-0.39, 0.29) is 173 Å². The number of benzene rings is 7. The number of rotatable bonds is 16. The number of amides is 1. The summed E-state index contributed by atoms with van der Waals surface area (Å²) in [4.78, 5) is 220. The number of hydrogen-bond acceptors (Lipinski definition) is 43. The maximum absolute atomic E-state index is 12.0. The number of nitrogen functional groups attached to an aromatic ring is 1. The van der Waals surface area contributed by atoms with Crippen molar-refractivity contribution in [1.82, 2.24) is 55.7 Å². The number of aliphatic hydroxyl groups excluding tert-OH is 1. The number of aryl methyl sites for hydroxylation is 1. The number of anilines is 3. The molecule has 17 N–H and O–H groups in total. The number of aliphatic imine (C=N–C) groups is 2. The molecule has 14 rings (SSSR count). The van der Waals surface area contributed by atoms with Gasteiger partial charge in [0.2, 0.25) is 5.82 Å². The molecule has 5 aromatic heterocycles. The summed E-state index contributed by atoms with van der Waals surface area (Å²) in [5.74, 6) is 8.17. The van der Waals surface area contributed by atoms with Crippen molar-refractivity contribution in [2.75, 3.05) is 86.0 Å². The number of aromatic amines is 5. The Hall–Kier alpha value is -17.1. The van der Waals surface area contributed by atoms with Crippen molar-refractivity contribution in [2.24, 2.45) is 27.5 Å². The smallest absolute Gasteiger partial charge is 1.00 e. The minimum absolute atomic E-state index is 0. The Morgan fingerprint density at radius 2 is 0.862 bits per heavy atom. The van der Waals surface area contributed by atoms with E-state index in [0.717, 1.165) is 43.6 Å². The molecule has 7 heterocycles. The molecule has 52 heteroatoms. The van der Waals surface area contributed by atoms with Crippen molar-refractivity contribution in [3.8, 4) is 6.07 Å². The maximum atomic E-state index is 12.0. The number of fused-ring (bicyclic) bond motifs is 3. The predicted octanol–water partition coefficient (Wildman–Crippen LogP) is 2.36. The number of aliphatic hydroxyl groups is 1. The number of aromatic nitrogens is 10. The molecule has 2 aliphatic rings. The van der Waals surface area contributed by atoms with Gasteiger partial charge in [-0.3, -0.25) is 60.8 Å². The van der Waals surface area contributed by atoms with E-state index >= 15 is 0 Å². The molecular weight excluding hydrogens is 1820 g/mol. The summed E-state index contributed by atoms with van der Waals surface area (Å²) in [6, 6.07) is 34.3. The number of methoxy groups -OCH3 is 7. The van der Waals surface area contributed by atoms with Gasteiger partial charge in [0.05, 0.1) is 174 Å². The average molecular weight is 1920 g/mol. The van der Waals surface area contributed by atoms with Gasteiger partial charge in [-0.25, -0.2) is 84.1 Å². The molecule has 50 nitrogen and oxygen atoms in total. The fourth-order valence-corrected chi connectivity index (χ4v) is 11.6. The number of ether oxygens (including phenoxy) is 10. The average Bonchev–Trinajstić information content (AvgIpc) is 0.757. The molecule has 0 aliphatic carbocycles. The van der Waals surface area contributed by atoms with E-state index in [2.05, 4.69) is 125 Å². The van der Waals surface area contributed by atoms with Crippen LogP contribution in [0.4, 0.5) is 34.4 Å². The zero-order valence-electron chi connectivity index (χ0n) is 76.7. The monoisotopic (exact) mass is 1920 g/mol. The molecule has 0 bridgehead atoms. The van der Waals surface area contributed by atoms with Gasteiger partial charge in [0.15, 0.2) is 29.1 Å². The summed E-state index contributed by atoms with van der Waals surface area (Å²) in [5.41, 5.74) is 7.95. The zero-order valence-corrected chi connectivity index (χ0v) is 77.7. The number of H-pyrrole nitrogens is 5. The maximum Gasteiger partial charge on any atom is 1.00 e. The second kappa shape index (κ2) is 58.1. The van der Waals surface area contributed by atoms with E-state index in [1.165, 1.54) is 91.0 Å². The standard InChI is InChI=1S/C13H12N2O5.C12H12N2O3.C11H10N4O.C11H10N2O4.C10H8N6O2.C10H9NO6.C10H11NO4.C4H5NO2.C4H8O2.CH4.B.H4N2.Na.H/c1-3-20-13(18)10-14-8-6-4-5-7(12(17)19-2)9(8)11(16)15-10;1-3-9-13-8-6-4-5-7(12(16)17-2)10(8)11(15)14-9;1-2-8-12-7-5-3-4-6-9(7)10(13-8)14-15-11(6)16;1-17-11(16)6-3-2-4-7-9(6)10(15)13-8(5-14)12-7;11-14-10(18)8-12-5-3-1-2-4-6(5)7(13-8)15-16-9(4)17;1-16-9(12)6-4-3-5-7(11(14)15)8(6)10(13)17-2;1-14-9(12)6-4-3-5-7(11)8(6)10(13)15-2;1-2-7-4(6)3-5;1-3-6-4(2)5;;;1-2;;/h4-6H,3H2,1-2H3,(H,14,15,16);4-6H,3H2,1-2H3,(H,13,14,15);3-5H,2H2,1H3,(H,15,16)(H,12,13,14);2-4,14H,5H2,1H3,(H,12,13,15);1-3H,11H2,(H,14,18)(H,16,17)(H,12,13,15);3-5H,1-2H3;3-5H,11H2,1-2H3;2H2,1H3;3H2,1-2H3;1H4;;1-2H2;;/q;;;;;;;;;;;;+1;-1. The Labute approximate surface area is 805 Å². The van der Waals surface area contributed by atoms with Crippen LogP contribution in [-0.2, 0) is 74.8 Å². The van der Waals surface area contributed by atoms with Gasteiger partial charge >= 0.3 is 95.2 Å². The fraction of sp³-hybridized carbons (Fsp3) is 0.233. The second-order valence-electron chi connectivity index (χ2n) is 25.5. The molecule has 0 fully saturated rings. The molecule has 7 aromatic carbocycles. The van der Waals surface area contributed by atoms with Crippen LogP contribution in [0, 0.1) is 21.4 Å². The number of nitrogens with two attached hydrogens (primary N) is 4. The minimum atomic E-state index is -0.960. The number of hydrogen-bond donors (Lipinski definition) is 13.